The molecule has 0 radical (unpaired) electrons. The number of hydrogen-bond donors (Lipinski definition) is 2. The number of nitrogens with zero attached hydrogens (tertiary/aromatic N) is 1. The van der Waals surface area contributed by atoms with Gasteiger partial charge in [-0.2, -0.15) is 0 Å². The van der Waals surface area contributed by atoms with Crippen LogP contribution in [0.4, 0.5) is 5.69 Å². The zero-order valence-electron chi connectivity index (χ0n) is 11.8. The minimum absolute atomic E-state index is 0.0122. The van der Waals surface area contributed by atoms with Gasteiger partial charge in [-0.05, 0) is 25.0 Å². The monoisotopic (exact) mass is 262 g/mol. The van der Waals surface area contributed by atoms with Crippen molar-refractivity contribution in [2.75, 3.05) is 25.0 Å². The Morgan fingerprint density at radius 2 is 2.05 bits per heavy atom. The number of anilines is 1. The number of benzene rings is 1. The molecule has 0 bridgehead atoms. The number of aliphatic hydroxyl groups is 1. The van der Waals surface area contributed by atoms with Gasteiger partial charge in [0.25, 0.3) is 5.91 Å². The molecule has 1 aliphatic rings. The molecule has 1 aliphatic heterocycles. The zero-order valence-corrected chi connectivity index (χ0v) is 11.8. The van der Waals surface area contributed by atoms with Crippen molar-refractivity contribution in [3.63, 3.8) is 0 Å². The molecule has 2 rings (SSSR count). The van der Waals surface area contributed by atoms with E-state index in [1.54, 1.807) is 4.90 Å². The van der Waals surface area contributed by atoms with Crippen molar-refractivity contribution in [1.29, 1.82) is 0 Å². The maximum atomic E-state index is 12.4. The van der Waals surface area contributed by atoms with Crippen LogP contribution >= 0.6 is 0 Å². The average molecular weight is 262 g/mol. The molecule has 2 N–H and O–H groups in total. The lowest BCUT2D eigenvalue weighted by Crippen LogP contribution is -2.66. The van der Waals surface area contributed by atoms with E-state index in [-0.39, 0.29) is 11.8 Å². The van der Waals surface area contributed by atoms with Crippen LogP contribution in [0.1, 0.15) is 31.1 Å². The highest BCUT2D eigenvalue weighted by molar-refractivity contribution is 6.00. The van der Waals surface area contributed by atoms with Crippen LogP contribution in [0.2, 0.25) is 0 Å². The fourth-order valence-corrected chi connectivity index (χ4v) is 2.31. The molecule has 1 amide bonds. The van der Waals surface area contributed by atoms with Crippen LogP contribution in [-0.2, 0) is 0 Å². The lowest BCUT2D eigenvalue weighted by molar-refractivity contribution is -0.110. The molecule has 0 saturated carbocycles. The Balaban J connectivity index is 2.10. The van der Waals surface area contributed by atoms with E-state index in [2.05, 4.69) is 5.32 Å². The molecule has 1 saturated heterocycles. The van der Waals surface area contributed by atoms with Gasteiger partial charge in [0.05, 0.1) is 18.7 Å². The Labute approximate surface area is 114 Å². The Hall–Kier alpha value is -1.55. The topological polar surface area (TPSA) is 52.6 Å². The van der Waals surface area contributed by atoms with Crippen molar-refractivity contribution in [2.45, 2.75) is 26.4 Å². The van der Waals surface area contributed by atoms with E-state index in [4.69, 9.17) is 0 Å². The molecule has 1 aromatic carbocycles. The molecule has 1 aromatic rings. The highest BCUT2D eigenvalue weighted by Gasteiger charge is 2.46. The van der Waals surface area contributed by atoms with Gasteiger partial charge in [0, 0.05) is 12.2 Å². The fourth-order valence-electron chi connectivity index (χ4n) is 2.31. The van der Waals surface area contributed by atoms with Crippen LogP contribution in [0, 0.1) is 5.92 Å². The molecular formula is C15H22N2O2. The summed E-state index contributed by atoms with van der Waals surface area (Å²) in [5.41, 5.74) is 0.813. The summed E-state index contributed by atoms with van der Waals surface area (Å²) in [5, 5.41) is 13.4. The summed E-state index contributed by atoms with van der Waals surface area (Å²) >= 11 is 0. The normalized spacial score (nSPS) is 17.2. The van der Waals surface area contributed by atoms with Crippen molar-refractivity contribution in [3.8, 4) is 0 Å². The molecule has 0 aromatic heterocycles. The first-order valence-electron chi connectivity index (χ1n) is 6.82. The Morgan fingerprint density at radius 1 is 1.42 bits per heavy atom. The minimum atomic E-state index is -0.719. The first-order chi connectivity index (χ1) is 8.98. The van der Waals surface area contributed by atoms with Crippen LogP contribution < -0.4 is 5.32 Å². The lowest BCUT2D eigenvalue weighted by Gasteiger charge is -2.49. The van der Waals surface area contributed by atoms with Gasteiger partial charge >= 0.3 is 0 Å². The quantitative estimate of drug-likeness (QED) is 0.872. The van der Waals surface area contributed by atoms with Gasteiger partial charge in [-0.3, -0.25) is 4.79 Å². The highest BCUT2D eigenvalue weighted by Crippen LogP contribution is 2.30. The Morgan fingerprint density at radius 3 is 2.63 bits per heavy atom. The van der Waals surface area contributed by atoms with E-state index in [1.165, 1.54) is 0 Å². The van der Waals surface area contributed by atoms with Crippen LogP contribution in [0.15, 0.2) is 24.3 Å². The second kappa shape index (κ2) is 5.21. The third kappa shape index (κ3) is 2.59. The van der Waals surface area contributed by atoms with Gasteiger partial charge in [-0.1, -0.05) is 26.0 Å². The van der Waals surface area contributed by atoms with Gasteiger partial charge in [0.1, 0.15) is 5.60 Å². The van der Waals surface area contributed by atoms with Crippen molar-refractivity contribution >= 4 is 11.6 Å². The number of β-amino-alcohol motifs (C(OH)–C–C–N with tert-alkyl or cyclic N) is 1. The number of nitrogens with one attached hydrogen (secondary N) is 1. The van der Waals surface area contributed by atoms with Crippen LogP contribution in [-0.4, -0.2) is 41.1 Å². The van der Waals surface area contributed by atoms with Crippen molar-refractivity contribution in [2.24, 2.45) is 5.92 Å². The Kier molecular flexibility index (Phi) is 3.80. The summed E-state index contributed by atoms with van der Waals surface area (Å²) in [6, 6.07) is 7.51. The number of carbonyl (C=O) groups is 1. The standard InChI is InChI=1S/C15H22N2O2/c1-4-16-13-8-6-5-7-12(13)14(18)17-9-15(19,10-17)11(2)3/h5-8,11,16,19H,4,9-10H2,1-3H3. The molecule has 1 heterocycles. The predicted octanol–water partition coefficient (Wildman–Crippen LogP) is 1.96. The van der Waals surface area contributed by atoms with Gasteiger partial charge in [-0.25, -0.2) is 0 Å². The number of likely N-dealkylation sites (tertiary alicyclic amines) is 1. The number of rotatable bonds is 4. The molecule has 4 nitrogen and oxygen atoms in total. The van der Waals surface area contributed by atoms with Gasteiger partial charge in [-0.15, -0.1) is 0 Å². The highest BCUT2D eigenvalue weighted by atomic mass is 16.3. The molecule has 1 fully saturated rings. The third-order valence-electron chi connectivity index (χ3n) is 3.82. The van der Waals surface area contributed by atoms with E-state index in [1.807, 2.05) is 45.0 Å². The molecule has 0 atom stereocenters. The van der Waals surface area contributed by atoms with Crippen LogP contribution in [0.5, 0.6) is 0 Å². The molecule has 0 spiro atoms. The van der Waals surface area contributed by atoms with Crippen molar-refractivity contribution in [3.05, 3.63) is 29.8 Å². The smallest absolute Gasteiger partial charge is 0.256 e. The van der Waals surface area contributed by atoms with E-state index >= 15 is 0 Å². The van der Waals surface area contributed by atoms with Gasteiger partial charge in [0.2, 0.25) is 0 Å². The molecule has 0 unspecified atom stereocenters. The number of hydrogen-bond acceptors (Lipinski definition) is 3. The number of amides is 1. The van der Waals surface area contributed by atoms with Crippen LogP contribution in [0.25, 0.3) is 0 Å². The SMILES string of the molecule is CCNc1ccccc1C(=O)N1CC(O)(C(C)C)C1. The molecule has 104 valence electrons. The zero-order chi connectivity index (χ0) is 14.0. The number of para-hydroxylation sites is 1. The lowest BCUT2D eigenvalue weighted by atomic mass is 9.82. The summed E-state index contributed by atoms with van der Waals surface area (Å²) in [6.45, 7) is 7.58. The minimum Gasteiger partial charge on any atom is -0.386 e. The molecule has 19 heavy (non-hydrogen) atoms. The largest absolute Gasteiger partial charge is 0.386 e. The summed E-state index contributed by atoms with van der Waals surface area (Å²) in [4.78, 5) is 14.1. The molecule has 4 heteroatoms. The van der Waals surface area contributed by atoms with Gasteiger partial charge in [0.15, 0.2) is 0 Å². The van der Waals surface area contributed by atoms with E-state index < -0.39 is 5.60 Å². The average Bonchev–Trinajstić information content (AvgIpc) is 2.35. The Bertz CT molecular complexity index is 465. The first-order valence-corrected chi connectivity index (χ1v) is 6.82. The maximum Gasteiger partial charge on any atom is 0.256 e. The molecular weight excluding hydrogens is 240 g/mol. The molecule has 0 aliphatic carbocycles. The fraction of sp³-hybridized carbons (Fsp3) is 0.533. The summed E-state index contributed by atoms with van der Waals surface area (Å²) in [5.74, 6) is 0.155. The van der Waals surface area contributed by atoms with E-state index in [0.29, 0.717) is 18.7 Å². The summed E-state index contributed by atoms with van der Waals surface area (Å²) < 4.78 is 0. The van der Waals surface area contributed by atoms with Gasteiger partial charge < -0.3 is 15.3 Å². The summed E-state index contributed by atoms with van der Waals surface area (Å²) in [7, 11) is 0. The van der Waals surface area contributed by atoms with E-state index in [0.717, 1.165) is 12.2 Å². The number of carbonyl (C=O) groups excluding carboxylic acids is 1. The third-order valence-corrected chi connectivity index (χ3v) is 3.82. The second-order valence-corrected chi connectivity index (χ2v) is 5.50. The summed E-state index contributed by atoms with van der Waals surface area (Å²) in [6.07, 6.45) is 0. The first kappa shape index (κ1) is 13.9. The van der Waals surface area contributed by atoms with E-state index in [9.17, 15) is 9.90 Å². The van der Waals surface area contributed by atoms with Crippen molar-refractivity contribution < 1.29 is 9.90 Å². The predicted molar refractivity (Wildman–Crippen MR) is 76.3 cm³/mol. The van der Waals surface area contributed by atoms with Crippen LogP contribution in [0.3, 0.4) is 0 Å². The second-order valence-electron chi connectivity index (χ2n) is 5.50. The van der Waals surface area contributed by atoms with Crippen molar-refractivity contribution in [1.82, 2.24) is 4.90 Å². The maximum absolute atomic E-state index is 12.4.